The molecule has 0 saturated carbocycles. The molecule has 1 aromatic carbocycles. The average molecular weight is 266 g/mol. The summed E-state index contributed by atoms with van der Waals surface area (Å²) >= 11 is 6.06. The van der Waals surface area contributed by atoms with Crippen molar-refractivity contribution in [3.05, 3.63) is 28.8 Å². The van der Waals surface area contributed by atoms with Gasteiger partial charge >= 0.3 is 0 Å². The Hall–Kier alpha value is -1.20. The third-order valence-corrected chi connectivity index (χ3v) is 3.15. The summed E-state index contributed by atoms with van der Waals surface area (Å²) in [7, 11) is 0. The number of hydrogen-bond donors (Lipinski definition) is 0. The Morgan fingerprint density at radius 1 is 1.33 bits per heavy atom. The Morgan fingerprint density at radius 3 is 2.72 bits per heavy atom. The Morgan fingerprint density at radius 2 is 2.11 bits per heavy atom. The molecule has 0 bridgehead atoms. The van der Waals surface area contributed by atoms with Crippen LogP contribution in [0.5, 0.6) is 5.75 Å². The monoisotopic (exact) mass is 265 g/mol. The molecule has 0 aliphatic carbocycles. The molecular formula is C15H20ClNO. The van der Waals surface area contributed by atoms with E-state index < -0.39 is 0 Å². The van der Waals surface area contributed by atoms with Gasteiger partial charge in [-0.3, -0.25) is 0 Å². The van der Waals surface area contributed by atoms with Gasteiger partial charge in [-0.2, -0.15) is 5.26 Å². The minimum atomic E-state index is 0.160. The summed E-state index contributed by atoms with van der Waals surface area (Å²) in [6, 6.07) is 7.19. The van der Waals surface area contributed by atoms with E-state index >= 15 is 0 Å². The summed E-state index contributed by atoms with van der Waals surface area (Å²) in [5.74, 6) is 0.665. The molecule has 18 heavy (non-hydrogen) atoms. The van der Waals surface area contributed by atoms with Gasteiger partial charge in [-0.05, 0) is 38.0 Å². The Balaban J connectivity index is 2.44. The molecule has 0 saturated heterocycles. The van der Waals surface area contributed by atoms with Gasteiger partial charge in [0.1, 0.15) is 5.75 Å². The van der Waals surface area contributed by atoms with Crippen LogP contribution in [0, 0.1) is 11.3 Å². The van der Waals surface area contributed by atoms with Crippen molar-refractivity contribution in [2.75, 3.05) is 0 Å². The van der Waals surface area contributed by atoms with Gasteiger partial charge in [0.2, 0.25) is 0 Å². The lowest BCUT2D eigenvalue weighted by atomic mass is 10.1. The van der Waals surface area contributed by atoms with Crippen molar-refractivity contribution in [3.8, 4) is 11.8 Å². The van der Waals surface area contributed by atoms with Crippen LogP contribution in [-0.4, -0.2) is 6.10 Å². The van der Waals surface area contributed by atoms with Crippen LogP contribution >= 0.6 is 11.6 Å². The Labute approximate surface area is 115 Å². The van der Waals surface area contributed by atoms with Gasteiger partial charge in [-0.15, -0.1) is 0 Å². The number of nitriles is 1. The third-order valence-electron chi connectivity index (χ3n) is 2.85. The Bertz CT molecular complexity index is 411. The number of halogens is 1. The molecule has 0 fully saturated rings. The fourth-order valence-electron chi connectivity index (χ4n) is 1.80. The highest BCUT2D eigenvalue weighted by Crippen LogP contribution is 2.26. The normalized spacial score (nSPS) is 11.9. The second kappa shape index (κ2) is 8.00. The molecule has 0 radical (unpaired) electrons. The van der Waals surface area contributed by atoms with Crippen LogP contribution in [0.2, 0.25) is 5.02 Å². The molecule has 1 atom stereocenters. The quantitative estimate of drug-likeness (QED) is 0.654. The van der Waals surface area contributed by atoms with E-state index in [0.717, 1.165) is 6.42 Å². The predicted octanol–water partition coefficient (Wildman–Crippen LogP) is 4.95. The summed E-state index contributed by atoms with van der Waals surface area (Å²) in [6.07, 6.45) is 6.17. The SMILES string of the molecule is CCCCCCC(C)Oc1ccc(C#N)cc1Cl. The van der Waals surface area contributed by atoms with Gasteiger partial charge in [0, 0.05) is 0 Å². The minimum absolute atomic E-state index is 0.160. The highest BCUT2D eigenvalue weighted by atomic mass is 35.5. The van der Waals surface area contributed by atoms with E-state index in [1.807, 2.05) is 0 Å². The van der Waals surface area contributed by atoms with Gasteiger partial charge < -0.3 is 4.74 Å². The molecule has 1 unspecified atom stereocenters. The molecule has 2 nitrogen and oxygen atoms in total. The highest BCUT2D eigenvalue weighted by Gasteiger charge is 2.08. The maximum Gasteiger partial charge on any atom is 0.138 e. The highest BCUT2D eigenvalue weighted by molar-refractivity contribution is 6.32. The molecule has 0 heterocycles. The van der Waals surface area contributed by atoms with Crippen LogP contribution in [0.1, 0.15) is 51.5 Å². The minimum Gasteiger partial charge on any atom is -0.489 e. The van der Waals surface area contributed by atoms with E-state index in [9.17, 15) is 0 Å². The maximum absolute atomic E-state index is 8.75. The number of ether oxygens (including phenoxy) is 1. The summed E-state index contributed by atoms with van der Waals surface area (Å²) in [5, 5.41) is 9.26. The van der Waals surface area contributed by atoms with E-state index in [2.05, 4.69) is 19.9 Å². The lowest BCUT2D eigenvalue weighted by Crippen LogP contribution is -2.11. The summed E-state index contributed by atoms with van der Waals surface area (Å²) in [5.41, 5.74) is 0.558. The lowest BCUT2D eigenvalue weighted by molar-refractivity contribution is 0.206. The standard InChI is InChI=1S/C15H20ClNO/c1-3-4-5-6-7-12(2)18-15-9-8-13(11-17)10-14(15)16/h8-10,12H,3-7H2,1-2H3. The van der Waals surface area contributed by atoms with Crippen molar-refractivity contribution in [2.24, 2.45) is 0 Å². The van der Waals surface area contributed by atoms with Gasteiger partial charge in [-0.25, -0.2) is 0 Å². The zero-order valence-electron chi connectivity index (χ0n) is 11.1. The summed E-state index contributed by atoms with van der Waals surface area (Å²) in [6.45, 7) is 4.26. The van der Waals surface area contributed by atoms with E-state index in [1.165, 1.54) is 25.7 Å². The second-order valence-corrected chi connectivity index (χ2v) is 4.94. The smallest absolute Gasteiger partial charge is 0.138 e. The zero-order chi connectivity index (χ0) is 13.4. The molecule has 1 aromatic rings. The molecule has 3 heteroatoms. The predicted molar refractivity (Wildman–Crippen MR) is 75.0 cm³/mol. The molecule has 0 aromatic heterocycles. The lowest BCUT2D eigenvalue weighted by Gasteiger charge is -2.15. The van der Waals surface area contributed by atoms with Crippen molar-refractivity contribution >= 4 is 11.6 Å². The number of nitrogens with zero attached hydrogens (tertiary/aromatic N) is 1. The first-order valence-electron chi connectivity index (χ1n) is 6.53. The first kappa shape index (κ1) is 14.9. The second-order valence-electron chi connectivity index (χ2n) is 4.53. The van der Waals surface area contributed by atoms with Gasteiger partial charge in [-0.1, -0.05) is 37.8 Å². The van der Waals surface area contributed by atoms with Crippen LogP contribution in [0.3, 0.4) is 0 Å². The van der Waals surface area contributed by atoms with Crippen LogP contribution in [0.25, 0.3) is 0 Å². The molecule has 0 N–H and O–H groups in total. The van der Waals surface area contributed by atoms with Crippen LogP contribution < -0.4 is 4.74 Å². The summed E-state index contributed by atoms with van der Waals surface area (Å²) < 4.78 is 5.78. The van der Waals surface area contributed by atoms with Gasteiger partial charge in [0.15, 0.2) is 0 Å². The molecule has 98 valence electrons. The van der Waals surface area contributed by atoms with E-state index in [1.54, 1.807) is 18.2 Å². The maximum atomic E-state index is 8.75. The molecule has 0 amide bonds. The number of rotatable bonds is 7. The number of unbranched alkanes of at least 4 members (excludes halogenated alkanes) is 3. The van der Waals surface area contributed by atoms with E-state index in [4.69, 9.17) is 21.6 Å². The van der Waals surface area contributed by atoms with Crippen molar-refractivity contribution in [1.29, 1.82) is 5.26 Å². The molecule has 1 rings (SSSR count). The van der Waals surface area contributed by atoms with Gasteiger partial charge in [0.25, 0.3) is 0 Å². The largest absolute Gasteiger partial charge is 0.489 e. The topological polar surface area (TPSA) is 33.0 Å². The van der Waals surface area contributed by atoms with Crippen LogP contribution in [0.15, 0.2) is 18.2 Å². The molecular weight excluding hydrogens is 246 g/mol. The van der Waals surface area contributed by atoms with Crippen molar-refractivity contribution in [3.63, 3.8) is 0 Å². The fraction of sp³-hybridized carbons (Fsp3) is 0.533. The van der Waals surface area contributed by atoms with Gasteiger partial charge in [0.05, 0.1) is 22.8 Å². The first-order chi connectivity index (χ1) is 8.67. The van der Waals surface area contributed by atoms with Crippen molar-refractivity contribution < 1.29 is 4.74 Å². The molecule has 0 aliphatic rings. The van der Waals surface area contributed by atoms with Crippen LogP contribution in [0.4, 0.5) is 0 Å². The van der Waals surface area contributed by atoms with E-state index in [-0.39, 0.29) is 6.10 Å². The van der Waals surface area contributed by atoms with Crippen molar-refractivity contribution in [2.45, 2.75) is 52.1 Å². The number of benzene rings is 1. The fourth-order valence-corrected chi connectivity index (χ4v) is 2.03. The number of hydrogen-bond acceptors (Lipinski definition) is 2. The zero-order valence-corrected chi connectivity index (χ0v) is 11.8. The first-order valence-corrected chi connectivity index (χ1v) is 6.91. The van der Waals surface area contributed by atoms with Crippen LogP contribution in [-0.2, 0) is 0 Å². The summed E-state index contributed by atoms with van der Waals surface area (Å²) in [4.78, 5) is 0. The van der Waals surface area contributed by atoms with Crippen molar-refractivity contribution in [1.82, 2.24) is 0 Å². The average Bonchev–Trinajstić information content (AvgIpc) is 2.37. The van der Waals surface area contributed by atoms with E-state index in [0.29, 0.717) is 16.3 Å². The molecule has 0 aliphatic heterocycles. The molecule has 0 spiro atoms. The third kappa shape index (κ3) is 4.98. The Kier molecular flexibility index (Phi) is 6.60.